The van der Waals surface area contributed by atoms with Gasteiger partial charge in [-0.1, -0.05) is 0 Å². The van der Waals surface area contributed by atoms with E-state index in [0.717, 1.165) is 3.79 Å². The van der Waals surface area contributed by atoms with Gasteiger partial charge in [0.15, 0.2) is 6.10 Å². The number of hydrogen-bond acceptors (Lipinski definition) is 5. The third-order valence-electron chi connectivity index (χ3n) is 1.55. The Morgan fingerprint density at radius 1 is 1.38 bits per heavy atom. The quantitative estimate of drug-likeness (QED) is 0.883. The lowest BCUT2D eigenvalue weighted by Crippen LogP contribution is -2.23. The summed E-state index contributed by atoms with van der Waals surface area (Å²) in [6.45, 7) is -0.161. The van der Waals surface area contributed by atoms with Crippen LogP contribution in [0.1, 0.15) is 11.0 Å². The summed E-state index contributed by atoms with van der Waals surface area (Å²) in [5, 5.41) is 0. The van der Waals surface area contributed by atoms with Gasteiger partial charge in [0.2, 0.25) is 0 Å². The van der Waals surface area contributed by atoms with Gasteiger partial charge in [0, 0.05) is 4.88 Å². The average molecular weight is 309 g/mol. The van der Waals surface area contributed by atoms with Crippen LogP contribution in [-0.2, 0) is 9.47 Å². The Kier molecular flexibility index (Phi) is 4.56. The van der Waals surface area contributed by atoms with Gasteiger partial charge in [0.25, 0.3) is 0 Å². The zero-order valence-electron chi connectivity index (χ0n) is 8.01. The molecule has 1 heterocycles. The largest absolute Gasteiger partial charge is 0.445 e. The van der Waals surface area contributed by atoms with Crippen LogP contribution in [0, 0.1) is 0 Å². The molecule has 6 nitrogen and oxygen atoms in total. The molecule has 0 aliphatic carbocycles. The topological polar surface area (TPSA) is 105 Å². The van der Waals surface area contributed by atoms with Crippen molar-refractivity contribution in [3.05, 3.63) is 20.8 Å². The van der Waals surface area contributed by atoms with Crippen molar-refractivity contribution in [1.29, 1.82) is 0 Å². The highest BCUT2D eigenvalue weighted by molar-refractivity contribution is 9.11. The molecule has 0 radical (unpaired) electrons. The van der Waals surface area contributed by atoms with Crippen LogP contribution in [0.2, 0.25) is 0 Å². The maximum Gasteiger partial charge on any atom is 0.405 e. The SMILES string of the molecule is NC(=O)OCC(OC(N)=O)c1ccc(Br)s1. The smallest absolute Gasteiger partial charge is 0.405 e. The molecule has 0 bridgehead atoms. The van der Waals surface area contributed by atoms with E-state index in [9.17, 15) is 9.59 Å². The molecule has 0 fully saturated rings. The van der Waals surface area contributed by atoms with Crippen LogP contribution >= 0.6 is 27.3 Å². The lowest BCUT2D eigenvalue weighted by atomic mass is 10.3. The number of thiophene rings is 1. The molecule has 1 aromatic heterocycles. The normalized spacial score (nSPS) is 11.8. The first-order valence-corrected chi connectivity index (χ1v) is 5.73. The van der Waals surface area contributed by atoms with Gasteiger partial charge in [0.05, 0.1) is 3.79 Å². The zero-order chi connectivity index (χ0) is 12.1. The Hall–Kier alpha value is -1.28. The van der Waals surface area contributed by atoms with Gasteiger partial charge in [0.1, 0.15) is 6.61 Å². The number of halogens is 1. The molecule has 0 aliphatic heterocycles. The van der Waals surface area contributed by atoms with Crippen LogP contribution in [0.5, 0.6) is 0 Å². The first-order chi connectivity index (χ1) is 7.49. The van der Waals surface area contributed by atoms with E-state index in [1.165, 1.54) is 11.3 Å². The molecule has 1 unspecified atom stereocenters. The second-order valence-corrected chi connectivity index (χ2v) is 5.19. The first-order valence-electron chi connectivity index (χ1n) is 4.12. The van der Waals surface area contributed by atoms with Gasteiger partial charge >= 0.3 is 12.2 Å². The van der Waals surface area contributed by atoms with E-state index in [4.69, 9.17) is 16.2 Å². The highest BCUT2D eigenvalue weighted by Crippen LogP contribution is 2.29. The third-order valence-corrected chi connectivity index (χ3v) is 3.26. The average Bonchev–Trinajstić information content (AvgIpc) is 2.58. The Bertz CT molecular complexity index is 395. The number of hydrogen-bond donors (Lipinski definition) is 2. The first kappa shape index (κ1) is 12.8. The second kappa shape index (κ2) is 5.71. The number of carbonyl (C=O) groups is 2. The van der Waals surface area contributed by atoms with Crippen LogP contribution in [-0.4, -0.2) is 18.8 Å². The van der Waals surface area contributed by atoms with Crippen LogP contribution < -0.4 is 11.5 Å². The maximum absolute atomic E-state index is 10.7. The zero-order valence-corrected chi connectivity index (χ0v) is 10.4. The van der Waals surface area contributed by atoms with Crippen LogP contribution in [0.25, 0.3) is 0 Å². The summed E-state index contributed by atoms with van der Waals surface area (Å²) < 4.78 is 10.2. The summed E-state index contributed by atoms with van der Waals surface area (Å²) in [5.74, 6) is 0. The molecule has 0 aromatic carbocycles. The van der Waals surface area contributed by atoms with Gasteiger partial charge in [-0.05, 0) is 28.1 Å². The Morgan fingerprint density at radius 2 is 2.06 bits per heavy atom. The molecule has 88 valence electrons. The summed E-state index contributed by atoms with van der Waals surface area (Å²) in [6.07, 6.45) is -2.61. The van der Waals surface area contributed by atoms with E-state index in [1.807, 2.05) is 0 Å². The summed E-state index contributed by atoms with van der Waals surface area (Å²) in [4.78, 5) is 21.8. The van der Waals surface area contributed by atoms with Crippen molar-refractivity contribution in [1.82, 2.24) is 0 Å². The van der Waals surface area contributed by atoms with Crippen molar-refractivity contribution in [3.63, 3.8) is 0 Å². The maximum atomic E-state index is 10.7. The molecular formula is C8H9BrN2O4S. The van der Waals surface area contributed by atoms with Gasteiger partial charge < -0.3 is 20.9 Å². The highest BCUT2D eigenvalue weighted by atomic mass is 79.9. The molecule has 8 heteroatoms. The fourth-order valence-electron chi connectivity index (χ4n) is 0.974. The fraction of sp³-hybridized carbons (Fsp3) is 0.250. The fourth-order valence-corrected chi connectivity index (χ4v) is 2.41. The van der Waals surface area contributed by atoms with E-state index in [-0.39, 0.29) is 6.61 Å². The van der Waals surface area contributed by atoms with E-state index in [0.29, 0.717) is 4.88 Å². The van der Waals surface area contributed by atoms with Crippen molar-refractivity contribution in [2.24, 2.45) is 11.5 Å². The molecule has 0 saturated heterocycles. The van der Waals surface area contributed by atoms with E-state index >= 15 is 0 Å². The number of ether oxygens (including phenoxy) is 2. The van der Waals surface area contributed by atoms with E-state index < -0.39 is 18.3 Å². The predicted octanol–water partition coefficient (Wildman–Crippen LogP) is 1.74. The molecule has 1 aromatic rings. The number of amides is 2. The summed E-state index contributed by atoms with van der Waals surface area (Å²) >= 11 is 4.60. The number of primary amides is 2. The lowest BCUT2D eigenvalue weighted by molar-refractivity contribution is 0.0530. The Morgan fingerprint density at radius 3 is 2.50 bits per heavy atom. The van der Waals surface area contributed by atoms with Crippen molar-refractivity contribution in [2.75, 3.05) is 6.61 Å². The molecular weight excluding hydrogens is 300 g/mol. The number of carbonyl (C=O) groups excluding carboxylic acids is 2. The van der Waals surface area contributed by atoms with Crippen molar-refractivity contribution < 1.29 is 19.1 Å². The molecule has 0 aliphatic rings. The highest BCUT2D eigenvalue weighted by Gasteiger charge is 2.19. The van der Waals surface area contributed by atoms with Crippen LogP contribution in [0.15, 0.2) is 15.9 Å². The second-order valence-electron chi connectivity index (χ2n) is 2.70. The number of nitrogens with two attached hydrogens (primary N) is 2. The van der Waals surface area contributed by atoms with Gasteiger partial charge in [-0.15, -0.1) is 11.3 Å². The third kappa shape index (κ3) is 4.07. The molecule has 1 rings (SSSR count). The summed E-state index contributed by atoms with van der Waals surface area (Å²) in [5.41, 5.74) is 9.72. The molecule has 16 heavy (non-hydrogen) atoms. The Labute approximate surface area is 104 Å². The van der Waals surface area contributed by atoms with Crippen LogP contribution in [0.3, 0.4) is 0 Å². The van der Waals surface area contributed by atoms with Gasteiger partial charge in [-0.2, -0.15) is 0 Å². The molecule has 4 N–H and O–H groups in total. The van der Waals surface area contributed by atoms with Gasteiger partial charge in [-0.25, -0.2) is 9.59 Å². The van der Waals surface area contributed by atoms with Crippen molar-refractivity contribution in [3.8, 4) is 0 Å². The van der Waals surface area contributed by atoms with E-state index in [2.05, 4.69) is 20.7 Å². The van der Waals surface area contributed by atoms with E-state index in [1.54, 1.807) is 12.1 Å². The van der Waals surface area contributed by atoms with Crippen molar-refractivity contribution >= 4 is 39.5 Å². The molecule has 0 spiro atoms. The monoisotopic (exact) mass is 308 g/mol. The molecule has 0 saturated carbocycles. The minimum atomic E-state index is -0.942. The Balaban J connectivity index is 2.70. The minimum Gasteiger partial charge on any atom is -0.445 e. The standard InChI is InChI=1S/C8H9BrN2O4S/c9-6-2-1-5(16-6)4(15-8(11)13)3-14-7(10)12/h1-2,4H,3H2,(H2,10,12)(H2,11,13). The van der Waals surface area contributed by atoms with Crippen molar-refractivity contribution in [2.45, 2.75) is 6.10 Å². The van der Waals surface area contributed by atoms with Crippen LogP contribution in [0.4, 0.5) is 9.59 Å². The summed E-state index contributed by atoms with van der Waals surface area (Å²) in [6, 6.07) is 3.51. The molecule has 1 atom stereocenters. The summed E-state index contributed by atoms with van der Waals surface area (Å²) in [7, 11) is 0. The molecule has 2 amide bonds. The lowest BCUT2D eigenvalue weighted by Gasteiger charge is -2.14. The minimum absolute atomic E-state index is 0.161. The van der Waals surface area contributed by atoms with Gasteiger partial charge in [-0.3, -0.25) is 0 Å². The predicted molar refractivity (Wildman–Crippen MR) is 61.0 cm³/mol. The number of rotatable bonds is 4.